The van der Waals surface area contributed by atoms with Crippen molar-refractivity contribution in [3.05, 3.63) is 47.9 Å². The van der Waals surface area contributed by atoms with Crippen LogP contribution in [0.5, 0.6) is 11.5 Å². The van der Waals surface area contributed by atoms with Crippen molar-refractivity contribution in [2.24, 2.45) is 0 Å². The first-order valence-electron chi connectivity index (χ1n) is 8.45. The van der Waals surface area contributed by atoms with E-state index < -0.39 is 0 Å². The zero-order chi connectivity index (χ0) is 17.9. The van der Waals surface area contributed by atoms with E-state index in [9.17, 15) is 4.79 Å². The van der Waals surface area contributed by atoms with Crippen LogP contribution < -0.4 is 14.8 Å². The number of thiocarbonyl (C=S) groups is 1. The molecular weight excluding hydrogens is 354 g/mol. The molecule has 0 atom stereocenters. The summed E-state index contributed by atoms with van der Waals surface area (Å²) < 4.78 is 15.9. The highest BCUT2D eigenvalue weighted by Crippen LogP contribution is 2.32. The van der Waals surface area contributed by atoms with E-state index in [2.05, 4.69) is 10.2 Å². The Kier molecular flexibility index (Phi) is 4.66. The molecule has 1 aromatic carbocycles. The normalized spacial score (nSPS) is 15.8. The first-order chi connectivity index (χ1) is 12.7. The molecule has 1 amide bonds. The Hall–Kier alpha value is -2.74. The highest BCUT2D eigenvalue weighted by atomic mass is 32.1. The first-order valence-corrected chi connectivity index (χ1v) is 8.85. The number of ether oxygens (including phenoxy) is 2. The van der Waals surface area contributed by atoms with Crippen molar-refractivity contribution in [3.8, 4) is 11.5 Å². The number of rotatable bonds is 3. The molecule has 4 rings (SSSR count). The molecule has 2 aliphatic heterocycles. The average molecular weight is 373 g/mol. The number of fused-ring (bicyclic) bond motifs is 1. The van der Waals surface area contributed by atoms with Gasteiger partial charge < -0.3 is 29.0 Å². The van der Waals surface area contributed by atoms with Crippen molar-refractivity contribution in [1.82, 2.24) is 15.1 Å². The predicted octanol–water partition coefficient (Wildman–Crippen LogP) is 1.84. The Morgan fingerprint density at radius 2 is 1.85 bits per heavy atom. The SMILES string of the molecule is O=C(c1ccco1)N1CCN(C(=S)NCc2ccc3c(c2)OCO3)CC1. The van der Waals surface area contributed by atoms with Crippen LogP contribution >= 0.6 is 12.2 Å². The molecule has 7 nitrogen and oxygen atoms in total. The van der Waals surface area contributed by atoms with Crippen LogP contribution in [-0.2, 0) is 6.54 Å². The van der Waals surface area contributed by atoms with Gasteiger partial charge in [-0.05, 0) is 42.0 Å². The number of benzene rings is 1. The minimum absolute atomic E-state index is 0.0751. The zero-order valence-corrected chi connectivity index (χ0v) is 15.0. The molecular formula is C18H19N3O4S. The van der Waals surface area contributed by atoms with E-state index in [0.29, 0.717) is 43.6 Å². The quantitative estimate of drug-likeness (QED) is 0.824. The molecule has 136 valence electrons. The standard InChI is InChI=1S/C18H19N3O4S/c22-17(15-2-1-9-23-15)20-5-7-21(8-6-20)18(26)19-11-13-3-4-14-16(10-13)25-12-24-14/h1-4,9-10H,5-8,11-12H2,(H,19,26). The molecule has 0 unspecified atom stereocenters. The molecule has 2 aromatic rings. The van der Waals surface area contributed by atoms with E-state index in [1.165, 1.54) is 6.26 Å². The maximum atomic E-state index is 12.3. The molecule has 0 saturated carbocycles. The molecule has 0 bridgehead atoms. The van der Waals surface area contributed by atoms with Crippen LogP contribution in [0, 0.1) is 0 Å². The van der Waals surface area contributed by atoms with Gasteiger partial charge in [0.1, 0.15) is 0 Å². The fourth-order valence-corrected chi connectivity index (χ4v) is 3.26. The Morgan fingerprint density at radius 3 is 2.62 bits per heavy atom. The van der Waals surface area contributed by atoms with Gasteiger partial charge in [-0.25, -0.2) is 0 Å². The molecule has 2 aliphatic rings. The molecule has 26 heavy (non-hydrogen) atoms. The Labute approximate surface area is 156 Å². The van der Waals surface area contributed by atoms with Gasteiger partial charge in [-0.1, -0.05) is 6.07 Å². The number of furan rings is 1. The Balaban J connectivity index is 1.26. The van der Waals surface area contributed by atoms with Crippen LogP contribution in [0.25, 0.3) is 0 Å². The highest BCUT2D eigenvalue weighted by Gasteiger charge is 2.24. The van der Waals surface area contributed by atoms with Crippen LogP contribution in [-0.4, -0.2) is 53.8 Å². The maximum Gasteiger partial charge on any atom is 0.289 e. The van der Waals surface area contributed by atoms with Gasteiger partial charge in [0, 0.05) is 32.7 Å². The zero-order valence-electron chi connectivity index (χ0n) is 14.1. The summed E-state index contributed by atoms with van der Waals surface area (Å²) in [7, 11) is 0. The smallest absolute Gasteiger partial charge is 0.289 e. The third-order valence-electron chi connectivity index (χ3n) is 4.47. The van der Waals surface area contributed by atoms with Crippen LogP contribution in [0.3, 0.4) is 0 Å². The van der Waals surface area contributed by atoms with E-state index in [4.69, 9.17) is 26.1 Å². The monoisotopic (exact) mass is 373 g/mol. The summed E-state index contributed by atoms with van der Waals surface area (Å²) in [6.07, 6.45) is 1.51. The van der Waals surface area contributed by atoms with Gasteiger partial charge in [-0.3, -0.25) is 4.79 Å². The van der Waals surface area contributed by atoms with Gasteiger partial charge in [0.25, 0.3) is 5.91 Å². The van der Waals surface area contributed by atoms with Crippen LogP contribution in [0.15, 0.2) is 41.0 Å². The summed E-state index contributed by atoms with van der Waals surface area (Å²) in [6, 6.07) is 9.26. The molecule has 1 N–H and O–H groups in total. The number of hydrogen-bond donors (Lipinski definition) is 1. The molecule has 0 aliphatic carbocycles. The highest BCUT2D eigenvalue weighted by molar-refractivity contribution is 7.80. The summed E-state index contributed by atoms with van der Waals surface area (Å²) in [5, 5.41) is 3.96. The van der Waals surface area contributed by atoms with Crippen molar-refractivity contribution in [2.45, 2.75) is 6.54 Å². The predicted molar refractivity (Wildman–Crippen MR) is 98.2 cm³/mol. The fraction of sp³-hybridized carbons (Fsp3) is 0.333. The van der Waals surface area contributed by atoms with Crippen molar-refractivity contribution in [1.29, 1.82) is 0 Å². The van der Waals surface area contributed by atoms with E-state index in [-0.39, 0.29) is 12.7 Å². The number of nitrogens with zero attached hydrogens (tertiary/aromatic N) is 2. The van der Waals surface area contributed by atoms with Crippen molar-refractivity contribution in [2.75, 3.05) is 33.0 Å². The van der Waals surface area contributed by atoms with Crippen LogP contribution in [0.4, 0.5) is 0 Å². The molecule has 0 spiro atoms. The summed E-state index contributed by atoms with van der Waals surface area (Å²) in [5.41, 5.74) is 1.07. The summed E-state index contributed by atoms with van der Waals surface area (Å²) in [5.74, 6) is 1.84. The van der Waals surface area contributed by atoms with Crippen molar-refractivity contribution < 1.29 is 18.7 Å². The lowest BCUT2D eigenvalue weighted by Crippen LogP contribution is -2.52. The lowest BCUT2D eigenvalue weighted by molar-refractivity contribution is 0.0659. The van der Waals surface area contributed by atoms with Crippen molar-refractivity contribution in [3.63, 3.8) is 0 Å². The van der Waals surface area contributed by atoms with Gasteiger partial charge in [0.15, 0.2) is 22.4 Å². The molecule has 1 saturated heterocycles. The number of nitrogens with one attached hydrogen (secondary N) is 1. The number of carbonyl (C=O) groups excluding carboxylic acids is 1. The molecule has 1 fully saturated rings. The van der Waals surface area contributed by atoms with Gasteiger partial charge >= 0.3 is 0 Å². The van der Waals surface area contributed by atoms with E-state index in [0.717, 1.165) is 17.1 Å². The number of carbonyl (C=O) groups is 1. The minimum Gasteiger partial charge on any atom is -0.459 e. The van der Waals surface area contributed by atoms with Gasteiger partial charge in [-0.15, -0.1) is 0 Å². The van der Waals surface area contributed by atoms with Crippen LogP contribution in [0.2, 0.25) is 0 Å². The second-order valence-electron chi connectivity index (χ2n) is 6.10. The second kappa shape index (κ2) is 7.25. The van der Waals surface area contributed by atoms with E-state index in [1.54, 1.807) is 17.0 Å². The lowest BCUT2D eigenvalue weighted by atomic mass is 10.2. The topological polar surface area (TPSA) is 67.2 Å². The third kappa shape index (κ3) is 3.45. The lowest BCUT2D eigenvalue weighted by Gasteiger charge is -2.35. The summed E-state index contributed by atoms with van der Waals surface area (Å²) in [4.78, 5) is 16.1. The van der Waals surface area contributed by atoms with Gasteiger partial charge in [0.05, 0.1) is 6.26 Å². The number of hydrogen-bond acceptors (Lipinski definition) is 5. The minimum atomic E-state index is -0.0751. The van der Waals surface area contributed by atoms with Gasteiger partial charge in [0.2, 0.25) is 6.79 Å². The van der Waals surface area contributed by atoms with E-state index in [1.807, 2.05) is 18.2 Å². The van der Waals surface area contributed by atoms with Crippen LogP contribution in [0.1, 0.15) is 16.1 Å². The molecule has 0 radical (unpaired) electrons. The Morgan fingerprint density at radius 1 is 1.08 bits per heavy atom. The maximum absolute atomic E-state index is 12.3. The third-order valence-corrected chi connectivity index (χ3v) is 4.87. The molecule has 3 heterocycles. The number of amides is 1. The summed E-state index contributed by atoms with van der Waals surface area (Å²) in [6.45, 7) is 3.50. The number of piperazine rings is 1. The molecule has 1 aromatic heterocycles. The second-order valence-corrected chi connectivity index (χ2v) is 6.49. The average Bonchev–Trinajstić information content (AvgIpc) is 3.37. The first kappa shape index (κ1) is 16.7. The van der Waals surface area contributed by atoms with Gasteiger partial charge in [-0.2, -0.15) is 0 Å². The van der Waals surface area contributed by atoms with E-state index >= 15 is 0 Å². The Bertz CT molecular complexity index is 801. The molecule has 8 heteroatoms. The summed E-state index contributed by atoms with van der Waals surface area (Å²) >= 11 is 5.49. The van der Waals surface area contributed by atoms with Crippen molar-refractivity contribution >= 4 is 23.2 Å². The largest absolute Gasteiger partial charge is 0.459 e. The fourth-order valence-electron chi connectivity index (χ4n) is 3.01.